The zero-order valence-corrected chi connectivity index (χ0v) is 9.09. The van der Waals surface area contributed by atoms with Gasteiger partial charge in [-0.05, 0) is 6.07 Å². The number of alkyl halides is 3. The SMILES string of the molecule is COC(=O)c1cc(C(F)(F)F)c(N)cc1OC. The summed E-state index contributed by atoms with van der Waals surface area (Å²) in [6, 6.07) is 1.55. The van der Waals surface area contributed by atoms with Crippen LogP contribution in [-0.2, 0) is 10.9 Å². The van der Waals surface area contributed by atoms with E-state index < -0.39 is 23.4 Å². The summed E-state index contributed by atoms with van der Waals surface area (Å²) >= 11 is 0. The van der Waals surface area contributed by atoms with E-state index in [-0.39, 0.29) is 11.3 Å². The standard InChI is InChI=1S/C10H10F3NO3/c1-16-8-4-7(14)6(10(11,12)13)3-5(8)9(15)17-2/h3-4H,14H2,1-2H3. The first kappa shape index (κ1) is 13.1. The van der Waals surface area contributed by atoms with Gasteiger partial charge in [0.2, 0.25) is 0 Å². The van der Waals surface area contributed by atoms with Gasteiger partial charge in [-0.1, -0.05) is 0 Å². The molecule has 0 spiro atoms. The maximum Gasteiger partial charge on any atom is 0.418 e. The number of nitrogen functional groups attached to an aromatic ring is 1. The van der Waals surface area contributed by atoms with E-state index >= 15 is 0 Å². The molecule has 0 unspecified atom stereocenters. The number of ether oxygens (including phenoxy) is 2. The van der Waals surface area contributed by atoms with Gasteiger partial charge in [-0.15, -0.1) is 0 Å². The number of methoxy groups -OCH3 is 2. The van der Waals surface area contributed by atoms with Crippen LogP contribution in [0.5, 0.6) is 5.75 Å². The Balaban J connectivity index is 3.43. The van der Waals surface area contributed by atoms with E-state index in [1.807, 2.05) is 0 Å². The smallest absolute Gasteiger partial charge is 0.418 e. The number of esters is 1. The van der Waals surface area contributed by atoms with Crippen molar-refractivity contribution in [1.29, 1.82) is 0 Å². The predicted octanol–water partition coefficient (Wildman–Crippen LogP) is 2.08. The number of carbonyl (C=O) groups excluding carboxylic acids is 1. The maximum absolute atomic E-state index is 12.6. The predicted molar refractivity (Wildman–Crippen MR) is 53.7 cm³/mol. The van der Waals surface area contributed by atoms with Crippen LogP contribution in [0.25, 0.3) is 0 Å². The Morgan fingerprint density at radius 1 is 1.29 bits per heavy atom. The summed E-state index contributed by atoms with van der Waals surface area (Å²) in [5.74, 6) is -0.991. The van der Waals surface area contributed by atoms with Crippen molar-refractivity contribution in [3.63, 3.8) is 0 Å². The Bertz CT molecular complexity index is 443. The summed E-state index contributed by atoms with van der Waals surface area (Å²) in [7, 11) is 2.28. The van der Waals surface area contributed by atoms with Crippen molar-refractivity contribution in [3.8, 4) is 5.75 Å². The average Bonchev–Trinajstić information content (AvgIpc) is 2.25. The molecule has 1 rings (SSSR count). The Morgan fingerprint density at radius 3 is 2.29 bits per heavy atom. The van der Waals surface area contributed by atoms with E-state index in [9.17, 15) is 18.0 Å². The molecule has 0 aromatic heterocycles. The maximum atomic E-state index is 12.6. The minimum absolute atomic E-state index is 0.0673. The lowest BCUT2D eigenvalue weighted by molar-refractivity contribution is -0.136. The number of carbonyl (C=O) groups is 1. The van der Waals surface area contributed by atoms with E-state index in [1.165, 1.54) is 7.11 Å². The summed E-state index contributed by atoms with van der Waals surface area (Å²) < 4.78 is 46.8. The van der Waals surface area contributed by atoms with Crippen LogP contribution in [0.15, 0.2) is 12.1 Å². The second-order valence-electron chi connectivity index (χ2n) is 3.13. The summed E-state index contributed by atoms with van der Waals surface area (Å²) in [6.07, 6.45) is -4.64. The molecule has 0 aliphatic carbocycles. The Morgan fingerprint density at radius 2 is 1.88 bits per heavy atom. The molecule has 1 aromatic carbocycles. The van der Waals surface area contributed by atoms with Crippen molar-refractivity contribution in [2.45, 2.75) is 6.18 Å². The summed E-state index contributed by atoms with van der Waals surface area (Å²) in [5, 5.41) is 0. The molecule has 0 radical (unpaired) electrons. The number of hydrogen-bond acceptors (Lipinski definition) is 4. The third-order valence-corrected chi connectivity index (χ3v) is 2.08. The quantitative estimate of drug-likeness (QED) is 0.644. The van der Waals surface area contributed by atoms with Crippen LogP contribution in [0.3, 0.4) is 0 Å². The molecule has 0 fully saturated rings. The highest BCUT2D eigenvalue weighted by Gasteiger charge is 2.35. The van der Waals surface area contributed by atoms with Gasteiger partial charge < -0.3 is 15.2 Å². The van der Waals surface area contributed by atoms with Crippen LogP contribution in [0.2, 0.25) is 0 Å². The zero-order valence-electron chi connectivity index (χ0n) is 9.09. The number of anilines is 1. The van der Waals surface area contributed by atoms with Crippen LogP contribution in [0.1, 0.15) is 15.9 Å². The van der Waals surface area contributed by atoms with Gasteiger partial charge in [0.1, 0.15) is 11.3 Å². The fourth-order valence-electron chi connectivity index (χ4n) is 1.28. The van der Waals surface area contributed by atoms with Crippen molar-refractivity contribution in [3.05, 3.63) is 23.3 Å². The van der Waals surface area contributed by atoms with Crippen LogP contribution in [0, 0.1) is 0 Å². The topological polar surface area (TPSA) is 61.5 Å². The fourth-order valence-corrected chi connectivity index (χ4v) is 1.28. The lowest BCUT2D eigenvalue weighted by Gasteiger charge is -2.14. The molecule has 0 saturated carbocycles. The lowest BCUT2D eigenvalue weighted by atomic mass is 10.1. The van der Waals surface area contributed by atoms with Crippen molar-refractivity contribution in [1.82, 2.24) is 0 Å². The molecular weight excluding hydrogens is 239 g/mol. The minimum Gasteiger partial charge on any atom is -0.496 e. The molecule has 0 saturated heterocycles. The highest BCUT2D eigenvalue weighted by atomic mass is 19.4. The summed E-state index contributed by atoms with van der Waals surface area (Å²) in [4.78, 5) is 11.3. The van der Waals surface area contributed by atoms with Crippen molar-refractivity contribution in [2.24, 2.45) is 0 Å². The van der Waals surface area contributed by atoms with Crippen LogP contribution in [-0.4, -0.2) is 20.2 Å². The number of rotatable bonds is 2. The van der Waals surface area contributed by atoms with E-state index in [1.54, 1.807) is 0 Å². The Labute approximate surface area is 95.1 Å². The second kappa shape index (κ2) is 4.52. The zero-order chi connectivity index (χ0) is 13.2. The molecule has 0 heterocycles. The van der Waals surface area contributed by atoms with Gasteiger partial charge in [0.25, 0.3) is 0 Å². The molecule has 0 aliphatic heterocycles. The third-order valence-electron chi connectivity index (χ3n) is 2.08. The fraction of sp³-hybridized carbons (Fsp3) is 0.300. The highest BCUT2D eigenvalue weighted by molar-refractivity contribution is 5.93. The molecule has 0 atom stereocenters. The average molecular weight is 249 g/mol. The number of halogens is 3. The first-order valence-corrected chi connectivity index (χ1v) is 4.44. The van der Waals surface area contributed by atoms with Crippen molar-refractivity contribution < 1.29 is 27.4 Å². The first-order chi connectivity index (χ1) is 7.81. The lowest BCUT2D eigenvalue weighted by Crippen LogP contribution is -2.13. The first-order valence-electron chi connectivity index (χ1n) is 4.44. The molecule has 7 heteroatoms. The van der Waals surface area contributed by atoms with E-state index in [0.29, 0.717) is 6.07 Å². The van der Waals surface area contributed by atoms with E-state index in [0.717, 1.165) is 13.2 Å². The van der Waals surface area contributed by atoms with Crippen LogP contribution < -0.4 is 10.5 Å². The van der Waals surface area contributed by atoms with Crippen molar-refractivity contribution in [2.75, 3.05) is 20.0 Å². The van der Waals surface area contributed by atoms with Gasteiger partial charge in [-0.25, -0.2) is 4.79 Å². The monoisotopic (exact) mass is 249 g/mol. The minimum atomic E-state index is -4.64. The van der Waals surface area contributed by atoms with Crippen LogP contribution in [0.4, 0.5) is 18.9 Å². The molecule has 0 amide bonds. The molecule has 17 heavy (non-hydrogen) atoms. The Kier molecular flexibility index (Phi) is 3.50. The molecule has 4 nitrogen and oxygen atoms in total. The normalized spacial score (nSPS) is 11.1. The van der Waals surface area contributed by atoms with Crippen LogP contribution >= 0.6 is 0 Å². The van der Waals surface area contributed by atoms with Gasteiger partial charge in [0.05, 0.1) is 19.8 Å². The third kappa shape index (κ3) is 2.61. The highest BCUT2D eigenvalue weighted by Crippen LogP contribution is 2.37. The van der Waals surface area contributed by atoms with Gasteiger partial charge in [-0.3, -0.25) is 0 Å². The second-order valence-corrected chi connectivity index (χ2v) is 3.13. The molecular formula is C10H10F3NO3. The summed E-state index contributed by atoms with van der Waals surface area (Å²) in [6.45, 7) is 0. The number of nitrogens with two attached hydrogens (primary N) is 1. The van der Waals surface area contributed by atoms with Gasteiger partial charge in [0, 0.05) is 11.8 Å². The molecule has 0 bridgehead atoms. The molecule has 1 aromatic rings. The van der Waals surface area contributed by atoms with Crippen molar-refractivity contribution >= 4 is 11.7 Å². The summed E-state index contributed by atoms with van der Waals surface area (Å²) in [5.41, 5.74) is 3.31. The van der Waals surface area contributed by atoms with Gasteiger partial charge >= 0.3 is 12.1 Å². The largest absolute Gasteiger partial charge is 0.496 e. The number of hydrogen-bond donors (Lipinski definition) is 1. The van der Waals surface area contributed by atoms with Gasteiger partial charge in [-0.2, -0.15) is 13.2 Å². The molecule has 2 N–H and O–H groups in total. The molecule has 0 aliphatic rings. The van der Waals surface area contributed by atoms with E-state index in [4.69, 9.17) is 10.5 Å². The Hall–Kier alpha value is -1.92. The van der Waals surface area contributed by atoms with Gasteiger partial charge in [0.15, 0.2) is 0 Å². The van der Waals surface area contributed by atoms with E-state index in [2.05, 4.69) is 4.74 Å². The molecule has 94 valence electrons. The number of benzene rings is 1.